The number of halogens is 1. The van der Waals surface area contributed by atoms with Crippen molar-refractivity contribution in [3.05, 3.63) is 58.6 Å². The van der Waals surface area contributed by atoms with Crippen LogP contribution >= 0.6 is 15.9 Å². The quantitative estimate of drug-likeness (QED) is 0.865. The predicted octanol–water partition coefficient (Wildman–Crippen LogP) is 3.74. The van der Waals surface area contributed by atoms with Gasteiger partial charge in [-0.3, -0.25) is 0 Å². The smallest absolute Gasteiger partial charge is 0.332 e. The lowest BCUT2D eigenvalue weighted by Crippen LogP contribution is -2.28. The molecule has 0 aliphatic rings. The van der Waals surface area contributed by atoms with Crippen molar-refractivity contribution < 1.29 is 15.0 Å². The van der Waals surface area contributed by atoms with E-state index in [2.05, 4.69) is 15.9 Å². The molecule has 0 spiro atoms. The number of hydrogen-bond donors (Lipinski definition) is 2. The van der Waals surface area contributed by atoms with Crippen LogP contribution in [0.15, 0.2) is 53.0 Å². The lowest BCUT2D eigenvalue weighted by molar-refractivity contribution is -0.149. The Bertz CT molecular complexity index is 605. The van der Waals surface area contributed by atoms with Crippen molar-refractivity contribution in [2.45, 2.75) is 19.4 Å². The van der Waals surface area contributed by atoms with Crippen LogP contribution in [0.2, 0.25) is 0 Å². The van der Waals surface area contributed by atoms with Crippen LogP contribution in [0.4, 0.5) is 0 Å². The zero-order valence-corrected chi connectivity index (χ0v) is 13.2. The second kappa shape index (κ2) is 6.87. The molecule has 110 valence electrons. The number of aliphatic hydroxyl groups excluding tert-OH is 1. The van der Waals surface area contributed by atoms with Crippen LogP contribution in [-0.2, 0) is 11.2 Å². The summed E-state index contributed by atoms with van der Waals surface area (Å²) in [5.74, 6) is -1.49. The Kier molecular flexibility index (Phi) is 5.15. The maximum Gasteiger partial charge on any atom is 0.332 e. The number of rotatable bonds is 5. The molecular formula is C17H17BrO3. The highest BCUT2D eigenvalue weighted by Gasteiger charge is 2.21. The number of carboxylic acid groups (broad SMARTS) is 1. The van der Waals surface area contributed by atoms with Crippen LogP contribution in [-0.4, -0.2) is 22.3 Å². The van der Waals surface area contributed by atoms with Gasteiger partial charge in [0.25, 0.3) is 0 Å². The van der Waals surface area contributed by atoms with Crippen molar-refractivity contribution in [2.24, 2.45) is 5.92 Å². The Morgan fingerprint density at radius 3 is 2.00 bits per heavy atom. The van der Waals surface area contributed by atoms with Gasteiger partial charge in [-0.15, -0.1) is 0 Å². The largest absolute Gasteiger partial charge is 0.479 e. The maximum absolute atomic E-state index is 10.7. The molecule has 0 aromatic heterocycles. The van der Waals surface area contributed by atoms with E-state index in [0.29, 0.717) is 6.42 Å². The third kappa shape index (κ3) is 4.16. The van der Waals surface area contributed by atoms with Crippen LogP contribution < -0.4 is 0 Å². The first-order chi connectivity index (χ1) is 9.97. The molecule has 2 rings (SSSR count). The summed E-state index contributed by atoms with van der Waals surface area (Å²) >= 11 is 3.41. The lowest BCUT2D eigenvalue weighted by atomic mass is 9.94. The molecule has 21 heavy (non-hydrogen) atoms. The number of benzene rings is 2. The van der Waals surface area contributed by atoms with Crippen LogP contribution in [0.25, 0.3) is 11.1 Å². The summed E-state index contributed by atoms with van der Waals surface area (Å²) in [7, 11) is 0. The average Bonchev–Trinajstić information content (AvgIpc) is 2.48. The average molecular weight is 349 g/mol. The van der Waals surface area contributed by atoms with E-state index in [9.17, 15) is 9.90 Å². The number of carbonyl (C=O) groups is 1. The first kappa shape index (κ1) is 15.7. The summed E-state index contributed by atoms with van der Waals surface area (Å²) in [6, 6.07) is 16.0. The van der Waals surface area contributed by atoms with Gasteiger partial charge in [0.1, 0.15) is 0 Å². The summed E-state index contributed by atoms with van der Waals surface area (Å²) < 4.78 is 1.04. The molecule has 0 fully saturated rings. The zero-order valence-electron chi connectivity index (χ0n) is 11.7. The third-order valence-electron chi connectivity index (χ3n) is 3.48. The van der Waals surface area contributed by atoms with Crippen molar-refractivity contribution in [1.29, 1.82) is 0 Å². The maximum atomic E-state index is 10.7. The fraction of sp³-hybridized carbons (Fsp3) is 0.235. The van der Waals surface area contributed by atoms with Gasteiger partial charge in [0.15, 0.2) is 6.10 Å². The molecule has 0 amide bonds. The van der Waals surface area contributed by atoms with E-state index >= 15 is 0 Å². The molecule has 2 N–H and O–H groups in total. The molecule has 0 saturated heterocycles. The van der Waals surface area contributed by atoms with E-state index in [-0.39, 0.29) is 5.92 Å². The summed E-state index contributed by atoms with van der Waals surface area (Å²) in [5, 5.41) is 18.3. The molecule has 4 heteroatoms. The van der Waals surface area contributed by atoms with Crippen LogP contribution in [0, 0.1) is 5.92 Å². The monoisotopic (exact) mass is 348 g/mol. The second-order valence-electron chi connectivity index (χ2n) is 5.17. The standard InChI is InChI=1S/C17H17BrO3/c1-11(16(19)17(20)21)10-12-2-4-13(5-3-12)14-6-8-15(18)9-7-14/h2-9,11,16,19H,10H2,1H3,(H,20,21). The topological polar surface area (TPSA) is 57.5 Å². The van der Waals surface area contributed by atoms with Crippen molar-refractivity contribution >= 4 is 21.9 Å². The molecule has 3 nitrogen and oxygen atoms in total. The van der Waals surface area contributed by atoms with Crippen molar-refractivity contribution in [3.63, 3.8) is 0 Å². The highest BCUT2D eigenvalue weighted by atomic mass is 79.9. The molecule has 2 unspecified atom stereocenters. The summed E-state index contributed by atoms with van der Waals surface area (Å²) in [6.07, 6.45) is -0.787. The van der Waals surface area contributed by atoms with Gasteiger partial charge < -0.3 is 10.2 Å². The van der Waals surface area contributed by atoms with E-state index in [0.717, 1.165) is 21.2 Å². The van der Waals surface area contributed by atoms with Crippen molar-refractivity contribution in [3.8, 4) is 11.1 Å². The van der Waals surface area contributed by atoms with Gasteiger partial charge in [0, 0.05) is 4.47 Å². The van der Waals surface area contributed by atoms with Crippen molar-refractivity contribution in [2.75, 3.05) is 0 Å². The minimum atomic E-state index is -1.32. The second-order valence-corrected chi connectivity index (χ2v) is 6.08. The molecule has 2 aromatic rings. The Hall–Kier alpha value is -1.65. The molecule has 0 aliphatic carbocycles. The molecular weight excluding hydrogens is 332 g/mol. The Morgan fingerprint density at radius 1 is 1.05 bits per heavy atom. The lowest BCUT2D eigenvalue weighted by Gasteiger charge is -2.15. The fourth-order valence-corrected chi connectivity index (χ4v) is 2.47. The third-order valence-corrected chi connectivity index (χ3v) is 4.01. The molecule has 2 atom stereocenters. The Balaban J connectivity index is 2.08. The molecule has 0 aliphatic heterocycles. The van der Waals surface area contributed by atoms with Gasteiger partial charge in [0.05, 0.1) is 0 Å². The first-order valence-electron chi connectivity index (χ1n) is 6.73. The van der Waals surface area contributed by atoms with E-state index in [1.54, 1.807) is 6.92 Å². The van der Waals surface area contributed by atoms with Crippen molar-refractivity contribution in [1.82, 2.24) is 0 Å². The summed E-state index contributed by atoms with van der Waals surface area (Å²) in [5.41, 5.74) is 3.25. The summed E-state index contributed by atoms with van der Waals surface area (Å²) in [4.78, 5) is 10.7. The van der Waals surface area contributed by atoms with Gasteiger partial charge >= 0.3 is 5.97 Å². The predicted molar refractivity (Wildman–Crippen MR) is 86.1 cm³/mol. The molecule has 0 saturated carbocycles. The van der Waals surface area contributed by atoms with E-state index in [4.69, 9.17) is 5.11 Å². The van der Waals surface area contributed by atoms with E-state index < -0.39 is 12.1 Å². The first-order valence-corrected chi connectivity index (χ1v) is 7.52. The molecule has 2 aromatic carbocycles. The van der Waals surface area contributed by atoms with Crippen LogP contribution in [0.3, 0.4) is 0 Å². The minimum Gasteiger partial charge on any atom is -0.479 e. The highest BCUT2D eigenvalue weighted by molar-refractivity contribution is 9.10. The Morgan fingerprint density at radius 2 is 1.52 bits per heavy atom. The number of hydrogen-bond acceptors (Lipinski definition) is 2. The SMILES string of the molecule is CC(Cc1ccc(-c2ccc(Br)cc2)cc1)C(O)C(=O)O. The normalized spacial score (nSPS) is 13.7. The molecule has 0 bridgehead atoms. The van der Waals surface area contributed by atoms with E-state index in [1.165, 1.54) is 0 Å². The van der Waals surface area contributed by atoms with E-state index in [1.807, 2.05) is 48.5 Å². The number of aliphatic hydroxyl groups is 1. The van der Waals surface area contributed by atoms with Gasteiger partial charge in [-0.25, -0.2) is 4.79 Å². The summed E-state index contributed by atoms with van der Waals surface area (Å²) in [6.45, 7) is 1.74. The number of carboxylic acids is 1. The van der Waals surface area contributed by atoms with Crippen LogP contribution in [0.5, 0.6) is 0 Å². The molecule has 0 radical (unpaired) electrons. The minimum absolute atomic E-state index is 0.318. The van der Waals surface area contributed by atoms with Gasteiger partial charge in [0.2, 0.25) is 0 Å². The van der Waals surface area contributed by atoms with Crippen LogP contribution in [0.1, 0.15) is 12.5 Å². The zero-order chi connectivity index (χ0) is 15.4. The molecule has 0 heterocycles. The number of aliphatic carboxylic acids is 1. The van der Waals surface area contributed by atoms with Gasteiger partial charge in [-0.2, -0.15) is 0 Å². The highest BCUT2D eigenvalue weighted by Crippen LogP contribution is 2.23. The fourth-order valence-electron chi connectivity index (χ4n) is 2.20. The van der Waals surface area contributed by atoms with Gasteiger partial charge in [-0.05, 0) is 41.2 Å². The van der Waals surface area contributed by atoms with Gasteiger partial charge in [-0.1, -0.05) is 59.3 Å². The Labute approximate surface area is 132 Å².